The average Bonchev–Trinajstić information content (AvgIpc) is 3.07. The van der Waals surface area contributed by atoms with E-state index in [1.807, 2.05) is 30.3 Å². The minimum absolute atomic E-state index is 0.0468. The van der Waals surface area contributed by atoms with Gasteiger partial charge in [0.15, 0.2) is 5.76 Å². The van der Waals surface area contributed by atoms with Gasteiger partial charge in [-0.15, -0.1) is 10.2 Å². The minimum Gasteiger partial charge on any atom is -0.482 e. The first kappa shape index (κ1) is 18.8. The minimum atomic E-state index is -0.561. The van der Waals surface area contributed by atoms with Crippen molar-refractivity contribution in [2.75, 3.05) is 5.32 Å². The van der Waals surface area contributed by atoms with Gasteiger partial charge in [0.05, 0.1) is 0 Å². The molecule has 0 fully saturated rings. The second-order valence-corrected chi connectivity index (χ2v) is 7.36. The molecule has 0 saturated heterocycles. The Labute approximate surface area is 160 Å². The summed E-state index contributed by atoms with van der Waals surface area (Å²) < 4.78 is 10.7. The van der Waals surface area contributed by atoms with Crippen molar-refractivity contribution in [3.8, 4) is 5.75 Å². The highest BCUT2D eigenvalue weighted by atomic mass is 32.1. The summed E-state index contributed by atoms with van der Waals surface area (Å²) in [6.45, 7) is 4.39. The lowest BCUT2D eigenvalue weighted by molar-refractivity contribution is 0.0993. The van der Waals surface area contributed by atoms with Gasteiger partial charge in [-0.1, -0.05) is 55.5 Å². The van der Waals surface area contributed by atoms with Crippen LogP contribution in [0.5, 0.6) is 5.75 Å². The molecule has 0 unspecified atom stereocenters. The molecule has 3 rings (SSSR count). The van der Waals surface area contributed by atoms with E-state index in [4.69, 9.17) is 9.15 Å². The summed E-state index contributed by atoms with van der Waals surface area (Å²) in [6, 6.07) is 10.5. The third kappa shape index (κ3) is 5.24. The van der Waals surface area contributed by atoms with Gasteiger partial charge in [-0.3, -0.25) is 14.9 Å². The fraction of sp³-hybridized carbons (Fsp3) is 0.263. The van der Waals surface area contributed by atoms with E-state index in [2.05, 4.69) is 29.4 Å². The van der Waals surface area contributed by atoms with Gasteiger partial charge in [0, 0.05) is 12.5 Å². The zero-order valence-corrected chi connectivity index (χ0v) is 15.8. The fourth-order valence-corrected chi connectivity index (χ4v) is 3.20. The number of rotatable bonds is 7. The topological polar surface area (TPSA) is 94.3 Å². The molecule has 8 heteroatoms. The van der Waals surface area contributed by atoms with Gasteiger partial charge in [-0.2, -0.15) is 0 Å². The van der Waals surface area contributed by atoms with Gasteiger partial charge in [-0.05, 0) is 11.5 Å². The average molecular weight is 385 g/mol. The first-order valence-corrected chi connectivity index (χ1v) is 9.26. The molecule has 0 spiro atoms. The SMILES string of the molecule is CC(C)Cc1nnc(NC(=O)c2cc(=O)c(OCc3ccccc3)co2)s1. The molecule has 0 atom stereocenters. The number of aromatic nitrogens is 2. The molecule has 2 aromatic heterocycles. The van der Waals surface area contributed by atoms with E-state index in [0.717, 1.165) is 29.3 Å². The molecule has 1 aromatic carbocycles. The van der Waals surface area contributed by atoms with E-state index in [0.29, 0.717) is 11.0 Å². The van der Waals surface area contributed by atoms with Crippen molar-refractivity contribution in [1.29, 1.82) is 0 Å². The number of carbonyl (C=O) groups is 1. The number of amides is 1. The summed E-state index contributed by atoms with van der Waals surface area (Å²) >= 11 is 1.30. The predicted molar refractivity (Wildman–Crippen MR) is 102 cm³/mol. The first-order valence-electron chi connectivity index (χ1n) is 8.44. The van der Waals surface area contributed by atoms with Crippen LogP contribution in [0, 0.1) is 5.92 Å². The molecular formula is C19H19N3O4S. The molecule has 0 bridgehead atoms. The summed E-state index contributed by atoms with van der Waals surface area (Å²) in [5.41, 5.74) is 0.493. The number of anilines is 1. The molecule has 0 saturated carbocycles. The largest absolute Gasteiger partial charge is 0.482 e. The summed E-state index contributed by atoms with van der Waals surface area (Å²) in [5.74, 6) is -0.185. The molecule has 0 aliphatic rings. The number of benzene rings is 1. The number of hydrogen-bond donors (Lipinski definition) is 1. The quantitative estimate of drug-likeness (QED) is 0.669. The van der Waals surface area contributed by atoms with Crippen molar-refractivity contribution in [3.63, 3.8) is 0 Å². The van der Waals surface area contributed by atoms with E-state index < -0.39 is 11.3 Å². The van der Waals surface area contributed by atoms with Crippen molar-refractivity contribution in [2.45, 2.75) is 26.9 Å². The molecular weight excluding hydrogens is 366 g/mol. The summed E-state index contributed by atoms with van der Waals surface area (Å²) in [4.78, 5) is 24.4. The van der Waals surface area contributed by atoms with Crippen LogP contribution in [0.25, 0.3) is 0 Å². The van der Waals surface area contributed by atoms with E-state index in [1.165, 1.54) is 11.3 Å². The fourth-order valence-electron chi connectivity index (χ4n) is 2.25. The monoisotopic (exact) mass is 385 g/mol. The van der Waals surface area contributed by atoms with Crippen LogP contribution in [0.4, 0.5) is 5.13 Å². The smallest absolute Gasteiger partial charge is 0.293 e. The van der Waals surface area contributed by atoms with Crippen LogP contribution in [0.2, 0.25) is 0 Å². The lowest BCUT2D eigenvalue weighted by Crippen LogP contribution is -2.15. The van der Waals surface area contributed by atoms with E-state index >= 15 is 0 Å². The molecule has 2 heterocycles. The van der Waals surface area contributed by atoms with Crippen LogP contribution < -0.4 is 15.5 Å². The van der Waals surface area contributed by atoms with E-state index in [9.17, 15) is 9.59 Å². The molecule has 0 radical (unpaired) electrons. The van der Waals surface area contributed by atoms with Crippen LogP contribution in [-0.2, 0) is 13.0 Å². The second-order valence-electron chi connectivity index (χ2n) is 6.30. The van der Waals surface area contributed by atoms with Crippen LogP contribution in [-0.4, -0.2) is 16.1 Å². The highest BCUT2D eigenvalue weighted by molar-refractivity contribution is 7.15. The number of carbonyl (C=O) groups excluding carboxylic acids is 1. The normalized spacial score (nSPS) is 10.8. The lowest BCUT2D eigenvalue weighted by Gasteiger charge is -2.05. The lowest BCUT2D eigenvalue weighted by atomic mass is 10.1. The van der Waals surface area contributed by atoms with E-state index in [1.54, 1.807) is 0 Å². The van der Waals surface area contributed by atoms with Crippen LogP contribution in [0.3, 0.4) is 0 Å². The zero-order chi connectivity index (χ0) is 19.2. The molecule has 3 aromatic rings. The highest BCUT2D eigenvalue weighted by Crippen LogP contribution is 2.19. The second kappa shape index (κ2) is 8.59. The third-order valence-corrected chi connectivity index (χ3v) is 4.39. The van der Waals surface area contributed by atoms with Crippen LogP contribution >= 0.6 is 11.3 Å². The Bertz CT molecular complexity index is 966. The predicted octanol–water partition coefficient (Wildman–Crippen LogP) is 3.52. The Hall–Kier alpha value is -3.00. The Kier molecular flexibility index (Phi) is 5.97. The number of hydrogen-bond acceptors (Lipinski definition) is 7. The van der Waals surface area contributed by atoms with Gasteiger partial charge in [0.25, 0.3) is 5.91 Å². The maximum absolute atomic E-state index is 12.2. The Morgan fingerprint density at radius 1 is 1.26 bits per heavy atom. The molecule has 7 nitrogen and oxygen atoms in total. The van der Waals surface area contributed by atoms with Crippen molar-refractivity contribution in [1.82, 2.24) is 10.2 Å². The first-order chi connectivity index (χ1) is 13.0. The Morgan fingerprint density at radius 3 is 2.74 bits per heavy atom. The Morgan fingerprint density at radius 2 is 2.04 bits per heavy atom. The van der Waals surface area contributed by atoms with Gasteiger partial charge < -0.3 is 9.15 Å². The number of ether oxygens (including phenoxy) is 1. The van der Waals surface area contributed by atoms with Gasteiger partial charge in [0.2, 0.25) is 16.3 Å². The van der Waals surface area contributed by atoms with Crippen LogP contribution in [0.15, 0.2) is 51.9 Å². The highest BCUT2D eigenvalue weighted by Gasteiger charge is 2.15. The van der Waals surface area contributed by atoms with Crippen LogP contribution in [0.1, 0.15) is 35.0 Å². The molecule has 27 heavy (non-hydrogen) atoms. The van der Waals surface area contributed by atoms with Gasteiger partial charge in [0.1, 0.15) is 17.9 Å². The van der Waals surface area contributed by atoms with Crippen molar-refractivity contribution < 1.29 is 13.9 Å². The molecule has 1 amide bonds. The summed E-state index contributed by atoms with van der Waals surface area (Å²) in [7, 11) is 0. The molecule has 0 aliphatic heterocycles. The standard InChI is InChI=1S/C19H19N3O4S/c1-12(2)8-17-21-22-19(27-17)20-18(24)15-9-14(23)16(11-26-15)25-10-13-6-4-3-5-7-13/h3-7,9,11-12H,8,10H2,1-2H3,(H,20,22,24). The Balaban J connectivity index is 1.63. The molecule has 1 N–H and O–H groups in total. The van der Waals surface area contributed by atoms with Gasteiger partial charge >= 0.3 is 0 Å². The zero-order valence-electron chi connectivity index (χ0n) is 15.0. The van der Waals surface area contributed by atoms with E-state index in [-0.39, 0.29) is 18.1 Å². The molecule has 0 aliphatic carbocycles. The number of nitrogens with zero attached hydrogens (tertiary/aromatic N) is 2. The van der Waals surface area contributed by atoms with Gasteiger partial charge in [-0.25, -0.2) is 0 Å². The maximum Gasteiger partial charge on any atom is 0.293 e. The van der Waals surface area contributed by atoms with Crippen molar-refractivity contribution in [2.24, 2.45) is 5.92 Å². The molecule has 140 valence electrons. The summed E-state index contributed by atoms with van der Waals surface area (Å²) in [5, 5.41) is 11.8. The van der Waals surface area contributed by atoms with Crippen molar-refractivity contribution in [3.05, 3.63) is 69.2 Å². The summed E-state index contributed by atoms with van der Waals surface area (Å²) in [6.07, 6.45) is 1.93. The maximum atomic E-state index is 12.2. The third-order valence-electron chi connectivity index (χ3n) is 3.53. The van der Waals surface area contributed by atoms with Crippen molar-refractivity contribution >= 4 is 22.4 Å². The number of nitrogens with one attached hydrogen (secondary N) is 1.